The van der Waals surface area contributed by atoms with Gasteiger partial charge >= 0.3 is 0 Å². The minimum absolute atomic E-state index is 0.201. The number of aromatic nitrogens is 2. The second-order valence-corrected chi connectivity index (χ2v) is 4.44. The SMILES string of the molecule is CNc1nc(-c2ccc(Cl)cc2C)nc(C)c1F. The molecule has 1 heterocycles. The van der Waals surface area contributed by atoms with Crippen molar-refractivity contribution >= 4 is 17.4 Å². The molecule has 0 aliphatic rings. The van der Waals surface area contributed by atoms with Crippen molar-refractivity contribution in [2.24, 2.45) is 0 Å². The van der Waals surface area contributed by atoms with Crippen LogP contribution in [0.2, 0.25) is 5.02 Å². The Balaban J connectivity index is 2.60. The number of hydrogen-bond acceptors (Lipinski definition) is 3. The maximum absolute atomic E-state index is 13.7. The van der Waals surface area contributed by atoms with Crippen LogP contribution in [-0.2, 0) is 0 Å². The van der Waals surface area contributed by atoms with Crippen molar-refractivity contribution in [3.05, 3.63) is 40.3 Å². The van der Waals surface area contributed by atoms with Gasteiger partial charge in [0.2, 0.25) is 0 Å². The van der Waals surface area contributed by atoms with Gasteiger partial charge in [-0.3, -0.25) is 0 Å². The highest BCUT2D eigenvalue weighted by Crippen LogP contribution is 2.25. The maximum atomic E-state index is 13.7. The van der Waals surface area contributed by atoms with Crippen molar-refractivity contribution < 1.29 is 4.39 Å². The lowest BCUT2D eigenvalue weighted by molar-refractivity contribution is 0.607. The van der Waals surface area contributed by atoms with Crippen molar-refractivity contribution in [3.8, 4) is 11.4 Å². The van der Waals surface area contributed by atoms with Crippen LogP contribution in [0, 0.1) is 19.7 Å². The van der Waals surface area contributed by atoms with E-state index in [1.807, 2.05) is 19.1 Å². The fourth-order valence-corrected chi connectivity index (χ4v) is 1.95. The Kier molecular flexibility index (Phi) is 3.48. The third-order valence-electron chi connectivity index (χ3n) is 2.68. The first-order valence-corrected chi connectivity index (χ1v) is 5.89. The molecule has 0 bridgehead atoms. The fraction of sp³-hybridized carbons (Fsp3) is 0.231. The molecule has 0 aliphatic heterocycles. The highest BCUT2D eigenvalue weighted by Gasteiger charge is 2.13. The Labute approximate surface area is 110 Å². The van der Waals surface area contributed by atoms with E-state index in [2.05, 4.69) is 15.3 Å². The van der Waals surface area contributed by atoms with Crippen LogP contribution in [0.1, 0.15) is 11.3 Å². The summed E-state index contributed by atoms with van der Waals surface area (Å²) in [5.41, 5.74) is 2.12. The van der Waals surface area contributed by atoms with Gasteiger partial charge in [-0.2, -0.15) is 0 Å². The number of nitrogens with one attached hydrogen (secondary N) is 1. The number of hydrogen-bond donors (Lipinski definition) is 1. The van der Waals surface area contributed by atoms with Crippen molar-refractivity contribution in [1.82, 2.24) is 9.97 Å². The van der Waals surface area contributed by atoms with Gasteiger partial charge in [0, 0.05) is 17.6 Å². The van der Waals surface area contributed by atoms with Crippen molar-refractivity contribution in [2.45, 2.75) is 13.8 Å². The molecule has 0 fully saturated rings. The third-order valence-corrected chi connectivity index (χ3v) is 2.92. The van der Waals surface area contributed by atoms with E-state index in [-0.39, 0.29) is 5.82 Å². The van der Waals surface area contributed by atoms with Crippen LogP contribution in [0.15, 0.2) is 18.2 Å². The van der Waals surface area contributed by atoms with E-state index in [1.165, 1.54) is 0 Å². The number of anilines is 1. The molecule has 0 amide bonds. The Morgan fingerprint density at radius 2 is 1.94 bits per heavy atom. The summed E-state index contributed by atoms with van der Waals surface area (Å²) in [6.07, 6.45) is 0. The van der Waals surface area contributed by atoms with E-state index in [0.717, 1.165) is 11.1 Å². The van der Waals surface area contributed by atoms with Crippen LogP contribution in [-0.4, -0.2) is 17.0 Å². The topological polar surface area (TPSA) is 37.8 Å². The molecule has 0 aliphatic carbocycles. The smallest absolute Gasteiger partial charge is 0.186 e. The molecule has 0 saturated carbocycles. The predicted octanol–water partition coefficient (Wildman–Crippen LogP) is 3.59. The van der Waals surface area contributed by atoms with E-state index in [4.69, 9.17) is 11.6 Å². The molecular formula is C13H13ClFN3. The summed E-state index contributed by atoms with van der Waals surface area (Å²) in [4.78, 5) is 8.34. The molecule has 1 aromatic heterocycles. The normalized spacial score (nSPS) is 10.5. The molecule has 0 atom stereocenters. The molecule has 0 unspecified atom stereocenters. The summed E-state index contributed by atoms with van der Waals surface area (Å²) in [5, 5.41) is 3.38. The molecule has 0 radical (unpaired) electrons. The van der Waals surface area contributed by atoms with Crippen LogP contribution >= 0.6 is 11.6 Å². The first kappa shape index (κ1) is 12.8. The highest BCUT2D eigenvalue weighted by molar-refractivity contribution is 6.30. The van der Waals surface area contributed by atoms with Crippen LogP contribution in [0.5, 0.6) is 0 Å². The first-order chi connectivity index (χ1) is 8.52. The Morgan fingerprint density at radius 1 is 1.22 bits per heavy atom. The van der Waals surface area contributed by atoms with Gasteiger partial charge in [-0.05, 0) is 37.6 Å². The van der Waals surface area contributed by atoms with Crippen molar-refractivity contribution in [2.75, 3.05) is 12.4 Å². The van der Waals surface area contributed by atoms with E-state index >= 15 is 0 Å². The van der Waals surface area contributed by atoms with Crippen LogP contribution in [0.4, 0.5) is 10.2 Å². The molecule has 2 rings (SSSR count). The number of rotatable bonds is 2. The van der Waals surface area contributed by atoms with Crippen LogP contribution in [0.3, 0.4) is 0 Å². The monoisotopic (exact) mass is 265 g/mol. The number of aryl methyl sites for hydroxylation is 2. The molecule has 1 aromatic carbocycles. The van der Waals surface area contributed by atoms with E-state index in [1.54, 1.807) is 20.0 Å². The zero-order valence-electron chi connectivity index (χ0n) is 10.4. The van der Waals surface area contributed by atoms with E-state index in [0.29, 0.717) is 16.5 Å². The number of halogens is 2. The summed E-state index contributed by atoms with van der Waals surface area (Å²) < 4.78 is 13.7. The van der Waals surface area contributed by atoms with Crippen LogP contribution in [0.25, 0.3) is 11.4 Å². The minimum Gasteiger partial charge on any atom is -0.371 e. The van der Waals surface area contributed by atoms with Gasteiger partial charge in [0.05, 0.1) is 5.69 Å². The standard InChI is InChI=1S/C13H13ClFN3/c1-7-6-9(14)4-5-10(7)12-17-8(2)11(15)13(16-3)18-12/h4-6H,1-3H3,(H,16,17,18). The largest absolute Gasteiger partial charge is 0.371 e. The van der Waals surface area contributed by atoms with Crippen LogP contribution < -0.4 is 5.32 Å². The average molecular weight is 266 g/mol. The van der Waals surface area contributed by atoms with E-state index < -0.39 is 5.82 Å². The average Bonchev–Trinajstić information content (AvgIpc) is 2.32. The van der Waals surface area contributed by atoms with Gasteiger partial charge in [-0.1, -0.05) is 11.6 Å². The number of benzene rings is 1. The van der Waals surface area contributed by atoms with Crippen molar-refractivity contribution in [1.29, 1.82) is 0 Å². The summed E-state index contributed by atoms with van der Waals surface area (Å²) in [5.74, 6) is 0.270. The molecule has 0 spiro atoms. The molecule has 5 heteroatoms. The third kappa shape index (κ3) is 2.29. The lowest BCUT2D eigenvalue weighted by atomic mass is 10.1. The summed E-state index contributed by atoms with van der Waals surface area (Å²) in [6.45, 7) is 3.54. The zero-order chi connectivity index (χ0) is 13.3. The van der Waals surface area contributed by atoms with Gasteiger partial charge in [0.15, 0.2) is 17.5 Å². The van der Waals surface area contributed by atoms with Gasteiger partial charge in [-0.15, -0.1) is 0 Å². The van der Waals surface area contributed by atoms with Gasteiger partial charge in [0.25, 0.3) is 0 Å². The summed E-state index contributed by atoms with van der Waals surface area (Å²) in [6, 6.07) is 5.44. The lowest BCUT2D eigenvalue weighted by Gasteiger charge is -2.09. The quantitative estimate of drug-likeness (QED) is 0.902. The Morgan fingerprint density at radius 3 is 2.56 bits per heavy atom. The molecule has 3 nitrogen and oxygen atoms in total. The molecule has 1 N–H and O–H groups in total. The molecule has 0 saturated heterocycles. The summed E-state index contributed by atoms with van der Waals surface area (Å²) in [7, 11) is 1.63. The van der Waals surface area contributed by atoms with Gasteiger partial charge in [-0.25, -0.2) is 14.4 Å². The molecular weight excluding hydrogens is 253 g/mol. The second-order valence-electron chi connectivity index (χ2n) is 4.00. The summed E-state index contributed by atoms with van der Waals surface area (Å²) >= 11 is 5.91. The minimum atomic E-state index is -0.423. The second kappa shape index (κ2) is 4.90. The Hall–Kier alpha value is -1.68. The first-order valence-electron chi connectivity index (χ1n) is 5.51. The Bertz CT molecular complexity index is 599. The van der Waals surface area contributed by atoms with Crippen molar-refractivity contribution in [3.63, 3.8) is 0 Å². The van der Waals surface area contributed by atoms with Gasteiger partial charge < -0.3 is 5.32 Å². The van der Waals surface area contributed by atoms with Gasteiger partial charge in [0.1, 0.15) is 0 Å². The zero-order valence-corrected chi connectivity index (χ0v) is 11.1. The highest BCUT2D eigenvalue weighted by atomic mass is 35.5. The predicted molar refractivity (Wildman–Crippen MR) is 71.5 cm³/mol. The fourth-order valence-electron chi connectivity index (χ4n) is 1.72. The molecule has 18 heavy (non-hydrogen) atoms. The van der Waals surface area contributed by atoms with E-state index in [9.17, 15) is 4.39 Å². The molecule has 94 valence electrons. The number of nitrogens with zero attached hydrogens (tertiary/aromatic N) is 2. The lowest BCUT2D eigenvalue weighted by Crippen LogP contribution is -2.04. The molecule has 2 aromatic rings. The maximum Gasteiger partial charge on any atom is 0.186 e.